The lowest BCUT2D eigenvalue weighted by Gasteiger charge is -2.36. The molecule has 2 aromatic carbocycles. The van der Waals surface area contributed by atoms with Crippen LogP contribution in [0.1, 0.15) is 41.6 Å². The van der Waals surface area contributed by atoms with Gasteiger partial charge in [0.05, 0.1) is 17.9 Å². The van der Waals surface area contributed by atoms with Gasteiger partial charge >= 0.3 is 0 Å². The molecule has 34 heavy (non-hydrogen) atoms. The Morgan fingerprint density at radius 1 is 0.941 bits per heavy atom. The number of imidazole rings is 1. The lowest BCUT2D eigenvalue weighted by atomic mass is 9.83. The maximum Gasteiger partial charge on any atom is 0.223 e. The fourth-order valence-corrected chi connectivity index (χ4v) is 5.64. The van der Waals surface area contributed by atoms with Crippen molar-refractivity contribution in [3.8, 4) is 17.3 Å². The predicted octanol–water partition coefficient (Wildman–Crippen LogP) is 4.40. The molecule has 0 bridgehead atoms. The zero-order valence-corrected chi connectivity index (χ0v) is 19.0. The third kappa shape index (κ3) is 3.55. The highest BCUT2D eigenvalue weighted by molar-refractivity contribution is 5.62. The van der Waals surface area contributed by atoms with Gasteiger partial charge in [-0.2, -0.15) is 0 Å². The predicted molar refractivity (Wildman–Crippen MR) is 132 cm³/mol. The van der Waals surface area contributed by atoms with Crippen molar-refractivity contribution in [1.29, 1.82) is 0 Å². The summed E-state index contributed by atoms with van der Waals surface area (Å²) in [6.07, 6.45) is 6.19. The van der Waals surface area contributed by atoms with Gasteiger partial charge in [-0.3, -0.25) is 9.69 Å². The summed E-state index contributed by atoms with van der Waals surface area (Å²) in [6.45, 7) is 3.74. The van der Waals surface area contributed by atoms with Gasteiger partial charge in [0.1, 0.15) is 5.69 Å². The smallest absolute Gasteiger partial charge is 0.223 e. The van der Waals surface area contributed by atoms with E-state index in [1.54, 1.807) is 0 Å². The van der Waals surface area contributed by atoms with Crippen molar-refractivity contribution in [1.82, 2.24) is 19.0 Å². The first kappa shape index (κ1) is 20.9. The van der Waals surface area contributed by atoms with E-state index in [0.717, 1.165) is 25.3 Å². The Morgan fingerprint density at radius 3 is 2.24 bits per heavy atom. The van der Waals surface area contributed by atoms with Gasteiger partial charge in [-0.05, 0) is 37.1 Å². The number of aromatic nitrogens is 3. The van der Waals surface area contributed by atoms with E-state index in [9.17, 15) is 9.90 Å². The van der Waals surface area contributed by atoms with E-state index in [-0.39, 0.29) is 23.1 Å². The van der Waals surface area contributed by atoms with Crippen LogP contribution in [-0.4, -0.2) is 37.2 Å². The molecule has 4 aromatic rings. The van der Waals surface area contributed by atoms with Gasteiger partial charge in [0.25, 0.3) is 0 Å². The monoisotopic (exact) mass is 452 g/mol. The molecular weight excluding hydrogens is 424 g/mol. The van der Waals surface area contributed by atoms with Gasteiger partial charge in [0, 0.05) is 31.3 Å². The van der Waals surface area contributed by atoms with E-state index in [4.69, 9.17) is 4.98 Å². The fraction of sp³-hybridized carbons (Fsp3) is 0.286. The van der Waals surface area contributed by atoms with Crippen LogP contribution in [0.3, 0.4) is 0 Å². The summed E-state index contributed by atoms with van der Waals surface area (Å²) in [7, 11) is 0. The Kier molecular flexibility index (Phi) is 5.30. The molecule has 6 rings (SSSR count). The molecule has 2 aliphatic rings. The van der Waals surface area contributed by atoms with Crippen molar-refractivity contribution in [2.24, 2.45) is 0 Å². The van der Waals surface area contributed by atoms with Crippen LogP contribution in [0, 0.1) is 0 Å². The third-order valence-electron chi connectivity index (χ3n) is 7.27. The number of rotatable bonds is 5. The second-order valence-corrected chi connectivity index (χ2v) is 9.32. The van der Waals surface area contributed by atoms with E-state index in [2.05, 4.69) is 62.6 Å². The highest BCUT2D eigenvalue weighted by Gasteiger charge is 2.35. The lowest BCUT2D eigenvalue weighted by Crippen LogP contribution is -2.32. The van der Waals surface area contributed by atoms with E-state index in [0.29, 0.717) is 18.1 Å². The summed E-state index contributed by atoms with van der Waals surface area (Å²) in [5, 5.41) is 10.9. The van der Waals surface area contributed by atoms with Crippen LogP contribution in [0.5, 0.6) is 5.75 Å². The minimum absolute atomic E-state index is 0.0367. The molecule has 6 heteroatoms. The maximum absolute atomic E-state index is 12.5. The second-order valence-electron chi connectivity index (χ2n) is 9.32. The van der Waals surface area contributed by atoms with E-state index in [1.165, 1.54) is 30.0 Å². The van der Waals surface area contributed by atoms with Crippen LogP contribution < -0.4 is 5.43 Å². The molecule has 0 radical (unpaired) electrons. The van der Waals surface area contributed by atoms with Crippen molar-refractivity contribution in [3.63, 3.8) is 0 Å². The summed E-state index contributed by atoms with van der Waals surface area (Å²) < 4.78 is 4.28. The number of hydrogen-bond acceptors (Lipinski definition) is 4. The van der Waals surface area contributed by atoms with Crippen molar-refractivity contribution in [2.45, 2.75) is 37.9 Å². The lowest BCUT2D eigenvalue weighted by molar-refractivity contribution is 0.307. The standard InChI is InChI=1S/C28H28N4O2/c33-24-13-16-31-23(25(20-9-3-1-4-10-20)21-11-5-2-6-12-21)19-32-22(18-30-14-7-8-15-30)17-29-28(32)26(31)27(24)34/h1-6,9-13,16-17,23,25,34H,7-8,14-15,18-19H2/t23-/m1/s1. The number of likely N-dealkylation sites (tertiary alicyclic amines) is 1. The third-order valence-corrected chi connectivity index (χ3v) is 7.27. The highest BCUT2D eigenvalue weighted by atomic mass is 16.3. The molecule has 0 unspecified atom stereocenters. The van der Waals surface area contributed by atoms with E-state index in [1.807, 2.05) is 24.5 Å². The Hall–Kier alpha value is -3.64. The minimum Gasteiger partial charge on any atom is -0.503 e. The molecule has 2 aliphatic heterocycles. The highest BCUT2D eigenvalue weighted by Crippen LogP contribution is 2.43. The molecular formula is C28H28N4O2. The SMILES string of the molecule is O=c1ccn2c(c1O)-c1ncc(CN3CCCC3)n1C[C@@H]2C(c1ccccc1)c1ccccc1. The average Bonchev–Trinajstić information content (AvgIpc) is 3.53. The van der Waals surface area contributed by atoms with Crippen LogP contribution in [0.2, 0.25) is 0 Å². The Morgan fingerprint density at radius 2 is 1.59 bits per heavy atom. The summed E-state index contributed by atoms with van der Waals surface area (Å²) in [6, 6.07) is 22.4. The molecule has 0 spiro atoms. The first-order chi connectivity index (χ1) is 16.7. The second kappa shape index (κ2) is 8.61. The van der Waals surface area contributed by atoms with Gasteiger partial charge < -0.3 is 14.2 Å². The van der Waals surface area contributed by atoms with Crippen LogP contribution in [0.4, 0.5) is 0 Å². The molecule has 2 aromatic heterocycles. The van der Waals surface area contributed by atoms with Crippen molar-refractivity contribution in [3.05, 3.63) is 106 Å². The van der Waals surface area contributed by atoms with Gasteiger partial charge in [-0.25, -0.2) is 4.98 Å². The Balaban J connectivity index is 1.53. The Bertz CT molecular complexity index is 1310. The molecule has 1 N–H and O–H groups in total. The van der Waals surface area contributed by atoms with Gasteiger partial charge in [0.15, 0.2) is 11.6 Å². The van der Waals surface area contributed by atoms with E-state index < -0.39 is 0 Å². The first-order valence-electron chi connectivity index (χ1n) is 12.0. The van der Waals surface area contributed by atoms with Gasteiger partial charge in [-0.15, -0.1) is 0 Å². The molecule has 1 saturated heterocycles. The quantitative estimate of drug-likeness (QED) is 0.488. The number of hydrogen-bond donors (Lipinski definition) is 1. The number of nitrogens with zero attached hydrogens (tertiary/aromatic N) is 4. The van der Waals surface area contributed by atoms with Gasteiger partial charge in [0.2, 0.25) is 5.43 Å². The molecule has 1 fully saturated rings. The van der Waals surface area contributed by atoms with Crippen LogP contribution in [0.25, 0.3) is 11.5 Å². The van der Waals surface area contributed by atoms with Crippen LogP contribution in [-0.2, 0) is 13.1 Å². The summed E-state index contributed by atoms with van der Waals surface area (Å²) in [5.41, 5.74) is 3.66. The zero-order valence-electron chi connectivity index (χ0n) is 19.0. The molecule has 172 valence electrons. The van der Waals surface area contributed by atoms with E-state index >= 15 is 0 Å². The molecule has 0 saturated carbocycles. The average molecular weight is 453 g/mol. The largest absolute Gasteiger partial charge is 0.503 e. The van der Waals surface area contributed by atoms with Crippen molar-refractivity contribution in [2.75, 3.05) is 13.1 Å². The molecule has 0 aliphatic carbocycles. The summed E-state index contributed by atoms with van der Waals surface area (Å²) in [4.78, 5) is 19.6. The number of pyridine rings is 1. The van der Waals surface area contributed by atoms with Crippen LogP contribution >= 0.6 is 0 Å². The minimum atomic E-state index is -0.376. The summed E-state index contributed by atoms with van der Waals surface area (Å²) in [5.74, 6) is 0.477. The van der Waals surface area contributed by atoms with Crippen LogP contribution in [0.15, 0.2) is 83.9 Å². The number of benzene rings is 2. The number of fused-ring (bicyclic) bond motifs is 3. The molecule has 1 atom stereocenters. The number of aromatic hydroxyl groups is 1. The molecule has 6 nitrogen and oxygen atoms in total. The molecule has 0 amide bonds. The topological polar surface area (TPSA) is 63.3 Å². The maximum atomic E-state index is 12.5. The zero-order chi connectivity index (χ0) is 23.1. The van der Waals surface area contributed by atoms with Crippen molar-refractivity contribution < 1.29 is 5.11 Å². The fourth-order valence-electron chi connectivity index (χ4n) is 5.64. The normalized spacial score (nSPS) is 17.6. The Labute approximate surface area is 198 Å². The first-order valence-corrected chi connectivity index (χ1v) is 12.0. The summed E-state index contributed by atoms with van der Waals surface area (Å²) >= 11 is 0. The van der Waals surface area contributed by atoms with Gasteiger partial charge in [-0.1, -0.05) is 60.7 Å². The van der Waals surface area contributed by atoms with Crippen molar-refractivity contribution >= 4 is 0 Å². The molecule has 4 heterocycles.